The lowest BCUT2D eigenvalue weighted by molar-refractivity contribution is -0.385. The zero-order valence-corrected chi connectivity index (χ0v) is 13.6. The number of nitro benzene ring substituents is 1. The van der Waals surface area contributed by atoms with Crippen LogP contribution in [0.25, 0.3) is 0 Å². The molecule has 7 nitrogen and oxygen atoms in total. The van der Waals surface area contributed by atoms with Gasteiger partial charge in [-0.3, -0.25) is 10.1 Å². The Morgan fingerprint density at radius 1 is 1.32 bits per heavy atom. The average Bonchev–Trinajstić information content (AvgIpc) is 2.47. The van der Waals surface area contributed by atoms with E-state index in [4.69, 9.17) is 5.73 Å². The molecule has 2 unspecified atom stereocenters. The Bertz CT molecular complexity index is 623. The Morgan fingerprint density at radius 3 is 2.64 bits per heavy atom. The van der Waals surface area contributed by atoms with Gasteiger partial charge in [0.2, 0.25) is 10.0 Å². The number of hydrogen-bond acceptors (Lipinski definition) is 5. The van der Waals surface area contributed by atoms with Gasteiger partial charge in [0.1, 0.15) is 0 Å². The molecule has 1 aliphatic carbocycles. The minimum atomic E-state index is -3.77. The van der Waals surface area contributed by atoms with Crippen LogP contribution in [0.1, 0.15) is 25.7 Å². The number of nitrogens with zero attached hydrogens (tertiary/aromatic N) is 1. The summed E-state index contributed by atoms with van der Waals surface area (Å²) in [5, 5.41) is 10.7. The smallest absolute Gasteiger partial charge is 0.270 e. The summed E-state index contributed by atoms with van der Waals surface area (Å²) in [6.07, 6.45) is 3.66. The monoisotopic (exact) mass is 349 g/mol. The van der Waals surface area contributed by atoms with Crippen molar-refractivity contribution in [2.45, 2.75) is 36.6 Å². The zero-order chi connectivity index (χ0) is 15.5. The highest BCUT2D eigenvalue weighted by Crippen LogP contribution is 2.25. The Hall–Kier alpha value is -1.22. The first kappa shape index (κ1) is 18.8. The molecule has 0 saturated heterocycles. The predicted octanol–water partition coefficient (Wildman–Crippen LogP) is 1.81. The lowest BCUT2D eigenvalue weighted by Crippen LogP contribution is -2.44. The van der Waals surface area contributed by atoms with Gasteiger partial charge in [0.25, 0.3) is 5.69 Å². The number of non-ortho nitro benzene ring substituents is 1. The zero-order valence-electron chi connectivity index (χ0n) is 12.0. The molecule has 124 valence electrons. The van der Waals surface area contributed by atoms with Gasteiger partial charge in [-0.05, 0) is 31.4 Å². The average molecular weight is 350 g/mol. The van der Waals surface area contributed by atoms with Crippen LogP contribution in [-0.4, -0.2) is 25.9 Å². The molecule has 0 amide bonds. The van der Waals surface area contributed by atoms with Crippen molar-refractivity contribution in [3.8, 4) is 0 Å². The largest absolute Gasteiger partial charge is 0.330 e. The molecule has 1 aliphatic rings. The maximum atomic E-state index is 12.4. The Kier molecular flexibility index (Phi) is 6.73. The summed E-state index contributed by atoms with van der Waals surface area (Å²) in [6, 6.07) is 4.86. The molecule has 0 spiro atoms. The van der Waals surface area contributed by atoms with Gasteiger partial charge in [-0.15, -0.1) is 12.4 Å². The Labute approximate surface area is 135 Å². The van der Waals surface area contributed by atoms with Crippen LogP contribution in [0, 0.1) is 16.0 Å². The van der Waals surface area contributed by atoms with Crippen LogP contribution in [0.2, 0.25) is 0 Å². The molecule has 0 radical (unpaired) electrons. The maximum absolute atomic E-state index is 12.4. The van der Waals surface area contributed by atoms with E-state index in [1.807, 2.05) is 0 Å². The van der Waals surface area contributed by atoms with Crippen molar-refractivity contribution in [2.24, 2.45) is 11.7 Å². The molecule has 1 fully saturated rings. The highest BCUT2D eigenvalue weighted by Gasteiger charge is 2.29. The second-order valence-electron chi connectivity index (χ2n) is 5.26. The van der Waals surface area contributed by atoms with Crippen molar-refractivity contribution >= 4 is 28.1 Å². The minimum absolute atomic E-state index is 0. The molecule has 22 heavy (non-hydrogen) atoms. The number of nitro groups is 1. The number of rotatable bonds is 5. The summed E-state index contributed by atoms with van der Waals surface area (Å²) in [7, 11) is -3.77. The topological polar surface area (TPSA) is 115 Å². The van der Waals surface area contributed by atoms with Crippen molar-refractivity contribution in [3.63, 3.8) is 0 Å². The maximum Gasteiger partial charge on any atom is 0.270 e. The Morgan fingerprint density at radius 2 is 2.00 bits per heavy atom. The standard InChI is InChI=1S/C13H19N3O4S.ClH/c14-9-10-4-1-2-7-13(10)15-21(19,20)12-6-3-5-11(8-12)16(17)18;/h3,5-6,8,10,13,15H,1-2,4,7,9,14H2;1H. The first-order valence-corrected chi connectivity index (χ1v) is 8.39. The van der Waals surface area contributed by atoms with Gasteiger partial charge >= 0.3 is 0 Å². The van der Waals surface area contributed by atoms with Crippen LogP contribution < -0.4 is 10.5 Å². The van der Waals surface area contributed by atoms with E-state index in [9.17, 15) is 18.5 Å². The molecule has 0 bridgehead atoms. The molecule has 3 N–H and O–H groups in total. The molecule has 1 aromatic rings. The predicted molar refractivity (Wildman–Crippen MR) is 85.5 cm³/mol. The molecular formula is C13H20ClN3O4S. The van der Waals surface area contributed by atoms with Crippen LogP contribution in [0.5, 0.6) is 0 Å². The highest BCUT2D eigenvalue weighted by atomic mass is 35.5. The van der Waals surface area contributed by atoms with Crippen LogP contribution in [0.15, 0.2) is 29.2 Å². The lowest BCUT2D eigenvalue weighted by Gasteiger charge is -2.31. The lowest BCUT2D eigenvalue weighted by atomic mass is 9.85. The second-order valence-corrected chi connectivity index (χ2v) is 6.98. The summed E-state index contributed by atoms with van der Waals surface area (Å²) in [6.45, 7) is 0.433. The van der Waals surface area contributed by atoms with Crippen molar-refractivity contribution in [3.05, 3.63) is 34.4 Å². The van der Waals surface area contributed by atoms with Crippen LogP contribution >= 0.6 is 12.4 Å². The third kappa shape index (κ3) is 4.39. The summed E-state index contributed by atoms with van der Waals surface area (Å²) < 4.78 is 27.4. The molecule has 9 heteroatoms. The molecule has 0 heterocycles. The van der Waals surface area contributed by atoms with Crippen molar-refractivity contribution in [1.29, 1.82) is 0 Å². The van der Waals surface area contributed by atoms with Gasteiger partial charge in [-0.25, -0.2) is 13.1 Å². The van der Waals surface area contributed by atoms with Crippen LogP contribution in [0.3, 0.4) is 0 Å². The quantitative estimate of drug-likeness (QED) is 0.621. The fourth-order valence-electron chi connectivity index (χ4n) is 2.68. The third-order valence-corrected chi connectivity index (χ3v) is 5.34. The summed E-state index contributed by atoms with van der Waals surface area (Å²) >= 11 is 0. The molecule has 0 aromatic heterocycles. The van der Waals surface area contributed by atoms with E-state index >= 15 is 0 Å². The number of sulfonamides is 1. The van der Waals surface area contributed by atoms with Crippen LogP contribution in [0.4, 0.5) is 5.69 Å². The van der Waals surface area contributed by atoms with Crippen molar-refractivity contribution < 1.29 is 13.3 Å². The summed E-state index contributed by atoms with van der Waals surface area (Å²) in [5.41, 5.74) is 5.45. The fraction of sp³-hybridized carbons (Fsp3) is 0.538. The third-order valence-electron chi connectivity index (χ3n) is 3.86. The van der Waals surface area contributed by atoms with E-state index in [0.717, 1.165) is 31.7 Å². The van der Waals surface area contributed by atoms with Gasteiger partial charge in [0, 0.05) is 18.2 Å². The van der Waals surface area contributed by atoms with Crippen LogP contribution in [-0.2, 0) is 10.0 Å². The summed E-state index contributed by atoms with van der Waals surface area (Å²) in [5.74, 6) is 0.118. The van der Waals surface area contributed by atoms with E-state index in [1.165, 1.54) is 18.2 Å². The van der Waals surface area contributed by atoms with E-state index in [2.05, 4.69) is 4.72 Å². The van der Waals surface area contributed by atoms with Crippen molar-refractivity contribution in [2.75, 3.05) is 6.54 Å². The Balaban J connectivity index is 0.00000242. The van der Waals surface area contributed by atoms with E-state index in [-0.39, 0.29) is 34.9 Å². The number of hydrogen-bond donors (Lipinski definition) is 2. The number of nitrogens with two attached hydrogens (primary N) is 1. The van der Waals surface area contributed by atoms with Gasteiger partial charge in [0.05, 0.1) is 9.82 Å². The first-order chi connectivity index (χ1) is 9.94. The minimum Gasteiger partial charge on any atom is -0.330 e. The molecule has 0 aliphatic heterocycles. The molecule has 2 rings (SSSR count). The normalized spacial score (nSPS) is 21.9. The highest BCUT2D eigenvalue weighted by molar-refractivity contribution is 7.89. The second kappa shape index (κ2) is 7.87. The van der Waals surface area contributed by atoms with E-state index in [0.29, 0.717) is 6.54 Å². The van der Waals surface area contributed by atoms with Gasteiger partial charge in [-0.1, -0.05) is 18.9 Å². The van der Waals surface area contributed by atoms with Gasteiger partial charge in [0.15, 0.2) is 0 Å². The number of halogens is 1. The molecule has 2 atom stereocenters. The van der Waals surface area contributed by atoms with Gasteiger partial charge < -0.3 is 5.73 Å². The summed E-state index contributed by atoms with van der Waals surface area (Å²) in [4.78, 5) is 10.0. The van der Waals surface area contributed by atoms with Crippen molar-refractivity contribution in [1.82, 2.24) is 4.72 Å². The first-order valence-electron chi connectivity index (χ1n) is 6.91. The van der Waals surface area contributed by atoms with E-state index in [1.54, 1.807) is 0 Å². The molecule has 1 aromatic carbocycles. The van der Waals surface area contributed by atoms with Gasteiger partial charge in [-0.2, -0.15) is 0 Å². The SMILES string of the molecule is Cl.NCC1CCCCC1NS(=O)(=O)c1cccc([N+](=O)[O-])c1. The fourth-order valence-corrected chi connectivity index (χ4v) is 4.06. The number of nitrogens with one attached hydrogen (secondary N) is 1. The molecular weight excluding hydrogens is 330 g/mol. The number of benzene rings is 1. The van der Waals surface area contributed by atoms with E-state index < -0.39 is 14.9 Å². The molecule has 1 saturated carbocycles.